The van der Waals surface area contributed by atoms with Crippen LogP contribution in [0, 0.1) is 0 Å². The number of aryl methyl sites for hydroxylation is 1. The number of likely N-dealkylation sites (tertiary alicyclic amines) is 1. The molecule has 0 aliphatic carbocycles. The van der Waals surface area contributed by atoms with Crippen molar-refractivity contribution in [2.45, 2.75) is 38.3 Å². The Hall–Kier alpha value is -1.95. The third-order valence-corrected chi connectivity index (χ3v) is 4.90. The van der Waals surface area contributed by atoms with Gasteiger partial charge in [-0.15, -0.1) is 11.3 Å². The van der Waals surface area contributed by atoms with Crippen molar-refractivity contribution >= 4 is 17.2 Å². The molecule has 1 saturated heterocycles. The van der Waals surface area contributed by atoms with E-state index in [-0.39, 0.29) is 17.5 Å². The Morgan fingerprint density at radius 1 is 1.36 bits per heavy atom. The van der Waals surface area contributed by atoms with Gasteiger partial charge in [0, 0.05) is 43.4 Å². The van der Waals surface area contributed by atoms with Gasteiger partial charge in [-0.2, -0.15) is 0 Å². The Kier molecular flexibility index (Phi) is 4.68. The molecule has 1 amide bonds. The minimum atomic E-state index is -0.0644. The zero-order valence-corrected chi connectivity index (χ0v) is 13.2. The lowest BCUT2D eigenvalue weighted by Gasteiger charge is -2.34. The van der Waals surface area contributed by atoms with E-state index in [1.54, 1.807) is 34.4 Å². The molecule has 1 unspecified atom stereocenters. The number of hydrogen-bond donors (Lipinski definition) is 0. The van der Waals surface area contributed by atoms with E-state index in [1.807, 2.05) is 16.3 Å². The van der Waals surface area contributed by atoms with Crippen molar-refractivity contribution in [3.8, 4) is 0 Å². The zero-order valence-electron chi connectivity index (χ0n) is 12.4. The predicted molar refractivity (Wildman–Crippen MR) is 85.7 cm³/mol. The molecule has 0 radical (unpaired) electrons. The number of carbonyl (C=O) groups excluding carboxylic acids is 1. The normalized spacial score (nSPS) is 18.4. The second-order valence-electron chi connectivity index (χ2n) is 5.45. The van der Waals surface area contributed by atoms with Gasteiger partial charge in [0.2, 0.25) is 5.91 Å². The Morgan fingerprint density at radius 3 is 3.05 bits per heavy atom. The molecule has 2 aromatic heterocycles. The summed E-state index contributed by atoms with van der Waals surface area (Å²) in [4.78, 5) is 30.6. The summed E-state index contributed by atoms with van der Waals surface area (Å²) >= 11 is 1.61. The van der Waals surface area contributed by atoms with Gasteiger partial charge < -0.3 is 9.47 Å². The summed E-state index contributed by atoms with van der Waals surface area (Å²) in [7, 11) is 0. The van der Waals surface area contributed by atoms with Crippen molar-refractivity contribution in [2.24, 2.45) is 0 Å². The summed E-state index contributed by atoms with van der Waals surface area (Å²) in [5.41, 5.74) is -0.0644. The number of carbonyl (C=O) groups is 1. The highest BCUT2D eigenvalue weighted by atomic mass is 32.1. The summed E-state index contributed by atoms with van der Waals surface area (Å²) in [6.45, 7) is 1.21. The summed E-state index contributed by atoms with van der Waals surface area (Å²) in [6, 6.07) is 5.15. The number of piperidine rings is 1. The highest BCUT2D eigenvalue weighted by Gasteiger charge is 2.29. The summed E-state index contributed by atoms with van der Waals surface area (Å²) in [5.74, 6) is 0.107. The van der Waals surface area contributed by atoms with Crippen molar-refractivity contribution in [1.82, 2.24) is 14.5 Å². The summed E-state index contributed by atoms with van der Waals surface area (Å²) in [6.07, 6.45) is 7.02. The van der Waals surface area contributed by atoms with Crippen LogP contribution in [0.5, 0.6) is 0 Å². The molecule has 0 aromatic carbocycles. The van der Waals surface area contributed by atoms with Gasteiger partial charge in [0.25, 0.3) is 5.56 Å². The molecule has 1 aliphatic rings. The molecule has 6 heteroatoms. The Balaban J connectivity index is 1.67. The molecule has 3 rings (SSSR count). The molecule has 0 spiro atoms. The first kappa shape index (κ1) is 15.0. The molecule has 2 aromatic rings. The fraction of sp³-hybridized carbons (Fsp3) is 0.438. The number of rotatable bonds is 4. The molecular formula is C16H19N3O2S. The lowest BCUT2D eigenvalue weighted by atomic mass is 10.0. The van der Waals surface area contributed by atoms with Crippen LogP contribution in [-0.2, 0) is 11.3 Å². The van der Waals surface area contributed by atoms with Crippen molar-refractivity contribution in [3.63, 3.8) is 0 Å². The highest BCUT2D eigenvalue weighted by Crippen LogP contribution is 2.32. The van der Waals surface area contributed by atoms with E-state index in [2.05, 4.69) is 4.98 Å². The number of hydrogen-bond acceptors (Lipinski definition) is 4. The fourth-order valence-corrected chi connectivity index (χ4v) is 3.68. The average molecular weight is 317 g/mol. The van der Waals surface area contributed by atoms with Crippen LogP contribution in [0.4, 0.5) is 0 Å². The lowest BCUT2D eigenvalue weighted by Crippen LogP contribution is -2.39. The standard InChI is InChI=1S/C16H19N3O2S/c20-14-6-2-3-9-18(14)11-7-15(21)19-10-4-1-5-13(19)16-17-8-12-22-16/h2-3,6,8-9,12-13H,1,4-5,7,10-11H2. The van der Waals surface area contributed by atoms with Gasteiger partial charge in [0.05, 0.1) is 6.04 Å². The fourth-order valence-electron chi connectivity index (χ4n) is 2.89. The van der Waals surface area contributed by atoms with Gasteiger partial charge in [0.1, 0.15) is 5.01 Å². The number of amides is 1. The quantitative estimate of drug-likeness (QED) is 0.870. The molecule has 22 heavy (non-hydrogen) atoms. The third kappa shape index (κ3) is 3.27. The molecule has 1 aliphatic heterocycles. The SMILES string of the molecule is O=C(CCn1ccccc1=O)N1CCCCC1c1nccs1. The van der Waals surface area contributed by atoms with Crippen LogP contribution < -0.4 is 5.56 Å². The van der Waals surface area contributed by atoms with E-state index in [9.17, 15) is 9.59 Å². The monoisotopic (exact) mass is 317 g/mol. The number of thiazole rings is 1. The van der Waals surface area contributed by atoms with E-state index >= 15 is 0 Å². The molecule has 5 nitrogen and oxygen atoms in total. The maximum Gasteiger partial charge on any atom is 0.250 e. The first-order valence-corrected chi connectivity index (χ1v) is 8.48. The first-order valence-electron chi connectivity index (χ1n) is 7.60. The van der Waals surface area contributed by atoms with Gasteiger partial charge in [0.15, 0.2) is 0 Å². The molecule has 1 fully saturated rings. The Morgan fingerprint density at radius 2 is 2.27 bits per heavy atom. The van der Waals surface area contributed by atoms with Crippen molar-refractivity contribution in [2.75, 3.05) is 6.54 Å². The van der Waals surface area contributed by atoms with E-state index in [4.69, 9.17) is 0 Å². The van der Waals surface area contributed by atoms with E-state index in [0.717, 1.165) is 30.8 Å². The maximum atomic E-state index is 12.6. The molecule has 0 bridgehead atoms. The molecule has 116 valence electrons. The van der Waals surface area contributed by atoms with Crippen molar-refractivity contribution < 1.29 is 4.79 Å². The van der Waals surface area contributed by atoms with Gasteiger partial charge >= 0.3 is 0 Å². The van der Waals surface area contributed by atoms with E-state index in [0.29, 0.717) is 13.0 Å². The second kappa shape index (κ2) is 6.87. The topological polar surface area (TPSA) is 55.2 Å². The van der Waals surface area contributed by atoms with Crippen LogP contribution in [0.2, 0.25) is 0 Å². The van der Waals surface area contributed by atoms with Gasteiger partial charge in [-0.1, -0.05) is 6.07 Å². The van der Waals surface area contributed by atoms with Crippen LogP contribution in [0.3, 0.4) is 0 Å². The molecule has 1 atom stereocenters. The molecule has 3 heterocycles. The Bertz CT molecular complexity index is 681. The average Bonchev–Trinajstić information content (AvgIpc) is 3.08. The van der Waals surface area contributed by atoms with E-state index < -0.39 is 0 Å². The Labute approximate surface area is 133 Å². The lowest BCUT2D eigenvalue weighted by molar-refractivity contribution is -0.135. The van der Waals surface area contributed by atoms with Crippen LogP contribution >= 0.6 is 11.3 Å². The zero-order chi connectivity index (χ0) is 15.4. The minimum Gasteiger partial charge on any atom is -0.333 e. The smallest absolute Gasteiger partial charge is 0.250 e. The van der Waals surface area contributed by atoms with Crippen LogP contribution in [0.25, 0.3) is 0 Å². The maximum absolute atomic E-state index is 12.6. The summed E-state index contributed by atoms with van der Waals surface area (Å²) < 4.78 is 1.58. The van der Waals surface area contributed by atoms with Crippen LogP contribution in [0.15, 0.2) is 40.8 Å². The van der Waals surface area contributed by atoms with Crippen molar-refractivity contribution in [1.29, 1.82) is 0 Å². The third-order valence-electron chi connectivity index (χ3n) is 4.03. The van der Waals surface area contributed by atoms with Crippen LogP contribution in [-0.4, -0.2) is 26.9 Å². The second-order valence-corrected chi connectivity index (χ2v) is 6.38. The van der Waals surface area contributed by atoms with Gasteiger partial charge in [-0.3, -0.25) is 9.59 Å². The summed E-state index contributed by atoms with van der Waals surface area (Å²) in [5, 5.41) is 2.97. The largest absolute Gasteiger partial charge is 0.333 e. The van der Waals surface area contributed by atoms with Gasteiger partial charge in [-0.25, -0.2) is 4.98 Å². The van der Waals surface area contributed by atoms with Crippen LogP contribution in [0.1, 0.15) is 36.7 Å². The van der Waals surface area contributed by atoms with E-state index in [1.165, 1.54) is 6.07 Å². The van der Waals surface area contributed by atoms with Crippen molar-refractivity contribution in [3.05, 3.63) is 51.3 Å². The minimum absolute atomic E-state index is 0.0644. The number of aromatic nitrogens is 2. The highest BCUT2D eigenvalue weighted by molar-refractivity contribution is 7.09. The molecule has 0 N–H and O–H groups in total. The number of pyridine rings is 1. The number of nitrogens with zero attached hydrogens (tertiary/aromatic N) is 3. The first-order chi connectivity index (χ1) is 10.8. The predicted octanol–water partition coefficient (Wildman–Crippen LogP) is 2.45. The van der Waals surface area contributed by atoms with Gasteiger partial charge in [-0.05, 0) is 25.3 Å². The molecule has 0 saturated carbocycles. The molecular weight excluding hydrogens is 298 g/mol.